The minimum atomic E-state index is -0.245. The van der Waals surface area contributed by atoms with Gasteiger partial charge in [-0.1, -0.05) is 25.7 Å². The summed E-state index contributed by atoms with van der Waals surface area (Å²) in [5.41, 5.74) is 0. The van der Waals surface area contributed by atoms with Crippen molar-refractivity contribution >= 4 is 23.6 Å². The van der Waals surface area contributed by atoms with Crippen molar-refractivity contribution in [1.29, 1.82) is 0 Å². The summed E-state index contributed by atoms with van der Waals surface area (Å²) in [7, 11) is 0. The molecule has 0 unspecified atom stereocenters. The molecule has 16 heavy (non-hydrogen) atoms. The lowest BCUT2D eigenvalue weighted by Crippen LogP contribution is -2.43. The molecule has 0 N–H and O–H groups in total. The molecular weight excluding hydrogens is 245 g/mol. The molecule has 0 atom stereocenters. The van der Waals surface area contributed by atoms with Crippen LogP contribution in [-0.2, 0) is 4.84 Å². The van der Waals surface area contributed by atoms with Gasteiger partial charge in [0.1, 0.15) is 6.10 Å². The molecule has 94 valence electrons. The first-order valence-corrected chi connectivity index (χ1v) is 7.32. The van der Waals surface area contributed by atoms with Crippen molar-refractivity contribution in [3.05, 3.63) is 0 Å². The second-order valence-electron chi connectivity index (χ2n) is 5.16. The van der Waals surface area contributed by atoms with Crippen molar-refractivity contribution in [3.63, 3.8) is 0 Å². The summed E-state index contributed by atoms with van der Waals surface area (Å²) in [6, 6.07) is 0.277. The quantitative estimate of drug-likeness (QED) is 0.531. The average molecular weight is 267 g/mol. The van der Waals surface area contributed by atoms with E-state index in [-0.39, 0.29) is 15.8 Å². The first-order valence-electron chi connectivity index (χ1n) is 6.65. The van der Waals surface area contributed by atoms with Crippen molar-refractivity contribution in [2.24, 2.45) is 0 Å². The number of hydrogen-bond donors (Lipinski definition) is 0. The van der Waals surface area contributed by atoms with E-state index in [9.17, 15) is 0 Å². The highest BCUT2D eigenvalue weighted by atomic mass is 35.5. The lowest BCUT2D eigenvalue weighted by molar-refractivity contribution is -0.949. The van der Waals surface area contributed by atoms with Gasteiger partial charge in [0.25, 0.3) is 0 Å². The molecule has 0 heterocycles. The predicted octanol–water partition coefficient (Wildman–Crippen LogP) is 4.71. The highest BCUT2D eigenvalue weighted by molar-refractivity contribution is 6.22. The van der Waals surface area contributed by atoms with Gasteiger partial charge in [-0.3, -0.25) is 0 Å². The summed E-state index contributed by atoms with van der Waals surface area (Å²) >= 11 is 12.7. The Morgan fingerprint density at radius 1 is 0.750 bits per heavy atom. The predicted molar refractivity (Wildman–Crippen MR) is 66.8 cm³/mol. The molecular formula is C12H22Cl2NO+. The third-order valence-electron chi connectivity index (χ3n) is 3.84. The normalized spacial score (nSPS) is 25.9. The highest BCUT2D eigenvalue weighted by Crippen LogP contribution is 2.36. The van der Waals surface area contributed by atoms with E-state index in [0.717, 1.165) is 25.7 Å². The molecule has 2 aliphatic carbocycles. The van der Waals surface area contributed by atoms with E-state index in [1.807, 2.05) is 0 Å². The summed E-state index contributed by atoms with van der Waals surface area (Å²) in [6.45, 7) is 0. The Hall–Kier alpha value is 0.500. The van der Waals surface area contributed by atoms with Gasteiger partial charge >= 0.3 is 0 Å². The van der Waals surface area contributed by atoms with Gasteiger partial charge < -0.3 is 0 Å². The van der Waals surface area contributed by atoms with Crippen molar-refractivity contribution in [1.82, 2.24) is 0 Å². The first-order chi connectivity index (χ1) is 7.68. The maximum atomic E-state index is 6.33. The largest absolute Gasteiger partial charge is 0.227 e. The third-order valence-corrected chi connectivity index (χ3v) is 4.55. The summed E-state index contributed by atoms with van der Waals surface area (Å²) in [6.07, 6.45) is 12.3. The molecule has 0 aromatic rings. The Morgan fingerprint density at radius 2 is 1.25 bits per heavy atom. The van der Waals surface area contributed by atoms with Crippen molar-refractivity contribution in [2.45, 2.75) is 76.4 Å². The number of hydrogen-bond acceptors (Lipinski definition) is 1. The van der Waals surface area contributed by atoms with E-state index in [2.05, 4.69) is 0 Å². The molecule has 0 bridgehead atoms. The fourth-order valence-corrected chi connectivity index (χ4v) is 3.45. The Labute approximate surface area is 109 Å². The monoisotopic (exact) mass is 266 g/mol. The Bertz CT molecular complexity index is 211. The molecule has 0 aliphatic heterocycles. The zero-order valence-electron chi connectivity index (χ0n) is 9.84. The molecule has 4 heteroatoms. The molecule has 0 aromatic carbocycles. The van der Waals surface area contributed by atoms with Gasteiger partial charge in [0.05, 0.1) is 0 Å². The van der Waals surface area contributed by atoms with Crippen LogP contribution in [-0.4, -0.2) is 15.8 Å². The Morgan fingerprint density at radius 3 is 1.81 bits per heavy atom. The lowest BCUT2D eigenvalue weighted by Gasteiger charge is -2.32. The van der Waals surface area contributed by atoms with Crippen molar-refractivity contribution < 1.29 is 8.52 Å². The number of hydroxylamine groups is 1. The first kappa shape index (κ1) is 12.9. The second kappa shape index (κ2) is 5.90. The molecule has 2 nitrogen and oxygen atoms in total. The van der Waals surface area contributed by atoms with Gasteiger partial charge in [0, 0.05) is 16.5 Å². The summed E-state index contributed by atoms with van der Waals surface area (Å²) < 4.78 is -0.245. The van der Waals surface area contributed by atoms with Crippen molar-refractivity contribution in [2.75, 3.05) is 0 Å². The number of halogens is 2. The molecule has 2 saturated carbocycles. The smallest absolute Gasteiger partial charge is 0.161 e. The van der Waals surface area contributed by atoms with E-state index < -0.39 is 0 Å². The van der Waals surface area contributed by atoms with Gasteiger partial charge in [0.15, 0.2) is 6.04 Å². The van der Waals surface area contributed by atoms with E-state index >= 15 is 0 Å². The number of rotatable bonds is 3. The van der Waals surface area contributed by atoms with Crippen LogP contribution in [0.15, 0.2) is 0 Å². The maximum absolute atomic E-state index is 6.33. The zero-order chi connectivity index (χ0) is 11.4. The van der Waals surface area contributed by atoms with Gasteiger partial charge in [-0.15, -0.1) is 0 Å². The third kappa shape index (κ3) is 3.49. The van der Waals surface area contributed by atoms with Crippen LogP contribution in [0, 0.1) is 0 Å². The molecule has 2 rings (SSSR count). The molecule has 0 spiro atoms. The van der Waals surface area contributed by atoms with Crippen LogP contribution < -0.4 is 0 Å². The maximum Gasteiger partial charge on any atom is 0.227 e. The number of quaternary nitrogens is 1. The Balaban J connectivity index is 1.84. The minimum Gasteiger partial charge on any atom is -0.161 e. The second-order valence-corrected chi connectivity index (χ2v) is 6.34. The van der Waals surface area contributed by atoms with Crippen LogP contribution in [0.2, 0.25) is 0 Å². The van der Waals surface area contributed by atoms with E-state index in [1.165, 1.54) is 38.5 Å². The summed E-state index contributed by atoms with van der Waals surface area (Å²) in [5.74, 6) is 0. The van der Waals surface area contributed by atoms with E-state index in [1.54, 1.807) is 0 Å². The van der Waals surface area contributed by atoms with Gasteiger partial charge in [-0.2, -0.15) is 4.84 Å². The number of nitrogens with zero attached hydrogens (tertiary/aromatic N) is 1. The zero-order valence-corrected chi connectivity index (χ0v) is 11.3. The lowest BCUT2D eigenvalue weighted by atomic mass is 9.96. The molecule has 2 fully saturated rings. The topological polar surface area (TPSA) is 9.23 Å². The highest BCUT2D eigenvalue weighted by Gasteiger charge is 2.41. The molecule has 0 aromatic heterocycles. The van der Waals surface area contributed by atoms with E-state index in [4.69, 9.17) is 28.4 Å². The fourth-order valence-electron chi connectivity index (χ4n) is 2.84. The van der Waals surface area contributed by atoms with Crippen LogP contribution in [0.25, 0.3) is 0 Å². The van der Waals surface area contributed by atoms with Gasteiger partial charge in [0.2, 0.25) is 23.6 Å². The Kier molecular flexibility index (Phi) is 4.77. The fraction of sp³-hybridized carbons (Fsp3) is 1.00. The van der Waals surface area contributed by atoms with Crippen molar-refractivity contribution in [3.8, 4) is 0 Å². The average Bonchev–Trinajstić information content (AvgIpc) is 2.31. The van der Waals surface area contributed by atoms with Crippen LogP contribution >= 0.6 is 23.6 Å². The van der Waals surface area contributed by atoms with Gasteiger partial charge in [-0.25, -0.2) is 0 Å². The molecule has 0 radical (unpaired) electrons. The minimum absolute atomic E-state index is 0.245. The van der Waals surface area contributed by atoms with Crippen LogP contribution in [0.4, 0.5) is 0 Å². The van der Waals surface area contributed by atoms with E-state index in [0.29, 0.717) is 0 Å². The molecule has 0 amide bonds. The molecule has 0 saturated heterocycles. The van der Waals surface area contributed by atoms with Crippen LogP contribution in [0.5, 0.6) is 0 Å². The SMILES string of the molecule is Cl[N+](Cl)(OC1CCCCC1)C1CCCCC1. The van der Waals surface area contributed by atoms with Gasteiger partial charge in [-0.05, 0) is 25.7 Å². The summed E-state index contributed by atoms with van der Waals surface area (Å²) in [4.78, 5) is 5.89. The van der Waals surface area contributed by atoms with Crippen LogP contribution in [0.1, 0.15) is 64.2 Å². The summed E-state index contributed by atoms with van der Waals surface area (Å²) in [5, 5.41) is 0. The molecule has 2 aliphatic rings. The van der Waals surface area contributed by atoms with Crippen LogP contribution in [0.3, 0.4) is 0 Å². The standard InChI is InChI=1S/C12H22Cl2NO/c13-15(14,11-7-3-1-4-8-11)16-12-9-5-2-6-10-12/h11-12H,1-10H2/q+1.